The molecule has 122 valence electrons. The maximum absolute atomic E-state index is 6.07. The van der Waals surface area contributed by atoms with E-state index in [1.54, 1.807) is 11.3 Å². The standard InChI is InChI=1S/C17H22N4OS/c1-11(16-19-10-12(2)23-16)9-20-17(18)21-14-7-8-22-15-6-4-3-5-13(14)15/h3-6,10-11,14H,7-9H2,1-2H3,(H3,18,20,21). The molecule has 6 heteroatoms. The molecule has 23 heavy (non-hydrogen) atoms. The predicted octanol–water partition coefficient (Wildman–Crippen LogP) is 2.98. The minimum atomic E-state index is 0.154. The molecule has 0 saturated heterocycles. The average Bonchev–Trinajstić information content (AvgIpc) is 2.99. The smallest absolute Gasteiger partial charge is 0.189 e. The van der Waals surface area contributed by atoms with Crippen molar-refractivity contribution < 1.29 is 4.74 Å². The summed E-state index contributed by atoms with van der Waals surface area (Å²) in [6, 6.07) is 8.21. The van der Waals surface area contributed by atoms with Gasteiger partial charge in [0.05, 0.1) is 24.2 Å². The third kappa shape index (κ3) is 3.82. The number of fused-ring (bicyclic) bond motifs is 1. The quantitative estimate of drug-likeness (QED) is 0.668. The largest absolute Gasteiger partial charge is 0.493 e. The second-order valence-corrected chi connectivity index (χ2v) is 7.07. The van der Waals surface area contributed by atoms with Crippen molar-refractivity contribution in [1.29, 1.82) is 0 Å². The van der Waals surface area contributed by atoms with E-state index in [2.05, 4.69) is 35.2 Å². The van der Waals surface area contributed by atoms with E-state index in [0.717, 1.165) is 22.7 Å². The van der Waals surface area contributed by atoms with Crippen LogP contribution < -0.4 is 15.8 Å². The summed E-state index contributed by atoms with van der Waals surface area (Å²) in [4.78, 5) is 10.1. The van der Waals surface area contributed by atoms with Crippen LogP contribution in [0.1, 0.15) is 40.8 Å². The summed E-state index contributed by atoms with van der Waals surface area (Å²) in [7, 11) is 0. The number of hydrogen-bond donors (Lipinski definition) is 2. The Morgan fingerprint density at radius 1 is 1.52 bits per heavy atom. The van der Waals surface area contributed by atoms with Gasteiger partial charge in [0, 0.05) is 29.0 Å². The van der Waals surface area contributed by atoms with Gasteiger partial charge in [-0.25, -0.2) is 4.98 Å². The minimum absolute atomic E-state index is 0.154. The number of aliphatic imine (C=N–C) groups is 1. The van der Waals surface area contributed by atoms with Crippen molar-refractivity contribution >= 4 is 17.3 Å². The molecule has 3 N–H and O–H groups in total. The zero-order valence-electron chi connectivity index (χ0n) is 13.5. The summed E-state index contributed by atoms with van der Waals surface area (Å²) < 4.78 is 5.67. The molecule has 2 aromatic rings. The first kappa shape index (κ1) is 15.8. The van der Waals surface area contributed by atoms with Gasteiger partial charge in [-0.3, -0.25) is 4.99 Å². The highest BCUT2D eigenvalue weighted by atomic mass is 32.1. The second kappa shape index (κ2) is 7.00. The summed E-state index contributed by atoms with van der Waals surface area (Å²) in [5.41, 5.74) is 7.21. The van der Waals surface area contributed by atoms with E-state index in [1.165, 1.54) is 4.88 Å². The van der Waals surface area contributed by atoms with E-state index in [0.29, 0.717) is 19.1 Å². The number of benzene rings is 1. The molecule has 5 nitrogen and oxygen atoms in total. The summed E-state index contributed by atoms with van der Waals surface area (Å²) in [5.74, 6) is 1.68. The number of aromatic nitrogens is 1. The van der Waals surface area contributed by atoms with E-state index >= 15 is 0 Å². The van der Waals surface area contributed by atoms with Gasteiger partial charge in [-0.05, 0) is 13.0 Å². The van der Waals surface area contributed by atoms with Crippen LogP contribution in [0.5, 0.6) is 5.75 Å². The number of ether oxygens (including phenoxy) is 1. The van der Waals surface area contributed by atoms with E-state index in [1.807, 2.05) is 24.4 Å². The number of aryl methyl sites for hydroxylation is 1. The van der Waals surface area contributed by atoms with Crippen molar-refractivity contribution in [2.24, 2.45) is 10.7 Å². The molecule has 0 radical (unpaired) electrons. The van der Waals surface area contributed by atoms with E-state index < -0.39 is 0 Å². The van der Waals surface area contributed by atoms with Crippen LogP contribution in [-0.4, -0.2) is 24.1 Å². The molecule has 2 unspecified atom stereocenters. The third-order valence-electron chi connectivity index (χ3n) is 3.88. The SMILES string of the molecule is Cc1cnc(C(C)CN=C(N)NC2CCOc3ccccc32)s1. The van der Waals surface area contributed by atoms with Crippen LogP contribution in [0.15, 0.2) is 35.5 Å². The first-order valence-corrected chi connectivity index (χ1v) is 8.65. The lowest BCUT2D eigenvalue weighted by atomic mass is 10.0. The highest BCUT2D eigenvalue weighted by molar-refractivity contribution is 7.11. The van der Waals surface area contributed by atoms with Gasteiger partial charge in [-0.2, -0.15) is 0 Å². The molecule has 1 aromatic heterocycles. The maximum Gasteiger partial charge on any atom is 0.189 e. The van der Waals surface area contributed by atoms with Crippen LogP contribution in [0.25, 0.3) is 0 Å². The third-order valence-corrected chi connectivity index (χ3v) is 5.02. The summed E-state index contributed by atoms with van der Waals surface area (Å²) in [5, 5.41) is 4.42. The summed E-state index contributed by atoms with van der Waals surface area (Å²) in [6.45, 7) is 5.52. The number of rotatable bonds is 4. The first-order chi connectivity index (χ1) is 11.1. The molecule has 1 aromatic carbocycles. The molecule has 2 heterocycles. The molecular weight excluding hydrogens is 308 g/mol. The van der Waals surface area contributed by atoms with Crippen LogP contribution in [0.2, 0.25) is 0 Å². The monoisotopic (exact) mass is 330 g/mol. The predicted molar refractivity (Wildman–Crippen MR) is 94.2 cm³/mol. The topological polar surface area (TPSA) is 72.5 Å². The molecule has 0 saturated carbocycles. The Morgan fingerprint density at radius 2 is 2.35 bits per heavy atom. The van der Waals surface area contributed by atoms with E-state index in [9.17, 15) is 0 Å². The molecule has 0 amide bonds. The zero-order valence-corrected chi connectivity index (χ0v) is 14.3. The summed E-state index contributed by atoms with van der Waals surface area (Å²) >= 11 is 1.72. The number of nitrogens with one attached hydrogen (secondary N) is 1. The second-order valence-electron chi connectivity index (χ2n) is 5.81. The van der Waals surface area contributed by atoms with Crippen LogP contribution >= 0.6 is 11.3 Å². The van der Waals surface area contributed by atoms with Crippen molar-refractivity contribution in [2.75, 3.05) is 13.2 Å². The molecule has 0 aliphatic carbocycles. The number of guanidine groups is 1. The number of hydrogen-bond acceptors (Lipinski definition) is 4. The van der Waals surface area contributed by atoms with Gasteiger partial charge in [-0.1, -0.05) is 25.1 Å². The number of para-hydroxylation sites is 1. The average molecular weight is 330 g/mol. The number of nitrogens with two attached hydrogens (primary N) is 1. The Bertz CT molecular complexity index is 697. The lowest BCUT2D eigenvalue weighted by molar-refractivity contribution is 0.262. The Morgan fingerprint density at radius 3 is 3.13 bits per heavy atom. The van der Waals surface area contributed by atoms with Gasteiger partial charge in [0.2, 0.25) is 0 Å². The fourth-order valence-electron chi connectivity index (χ4n) is 2.63. The highest BCUT2D eigenvalue weighted by Crippen LogP contribution is 2.31. The van der Waals surface area contributed by atoms with Crippen molar-refractivity contribution in [3.63, 3.8) is 0 Å². The fraction of sp³-hybridized carbons (Fsp3) is 0.412. The Hall–Kier alpha value is -2.08. The molecule has 3 rings (SSSR count). The van der Waals surface area contributed by atoms with E-state index in [4.69, 9.17) is 10.5 Å². The fourth-order valence-corrected chi connectivity index (χ4v) is 3.45. The molecule has 1 aliphatic heterocycles. The van der Waals surface area contributed by atoms with E-state index in [-0.39, 0.29) is 12.0 Å². The molecule has 0 bridgehead atoms. The van der Waals surface area contributed by atoms with Gasteiger partial charge in [0.1, 0.15) is 5.75 Å². The zero-order chi connectivity index (χ0) is 16.2. The van der Waals surface area contributed by atoms with Crippen LogP contribution in [0, 0.1) is 6.92 Å². The number of nitrogens with zero attached hydrogens (tertiary/aromatic N) is 2. The summed E-state index contributed by atoms with van der Waals surface area (Å²) in [6.07, 6.45) is 2.79. The first-order valence-electron chi connectivity index (χ1n) is 7.84. The van der Waals surface area contributed by atoms with Gasteiger partial charge in [0.15, 0.2) is 5.96 Å². The van der Waals surface area contributed by atoms with Crippen molar-refractivity contribution in [1.82, 2.24) is 10.3 Å². The van der Waals surface area contributed by atoms with Crippen LogP contribution in [0.4, 0.5) is 0 Å². The molecule has 2 atom stereocenters. The van der Waals surface area contributed by atoms with Gasteiger partial charge < -0.3 is 15.8 Å². The molecule has 0 fully saturated rings. The lowest BCUT2D eigenvalue weighted by Crippen LogP contribution is -2.37. The Balaban J connectivity index is 1.62. The molecular formula is C17H22N4OS. The Labute approximate surface area is 140 Å². The van der Waals surface area contributed by atoms with Crippen molar-refractivity contribution in [3.05, 3.63) is 45.9 Å². The van der Waals surface area contributed by atoms with Crippen molar-refractivity contribution in [2.45, 2.75) is 32.2 Å². The van der Waals surface area contributed by atoms with Gasteiger partial charge in [0.25, 0.3) is 0 Å². The van der Waals surface area contributed by atoms with Crippen LogP contribution in [0.3, 0.4) is 0 Å². The molecule has 0 spiro atoms. The minimum Gasteiger partial charge on any atom is -0.493 e. The van der Waals surface area contributed by atoms with Gasteiger partial charge in [-0.15, -0.1) is 11.3 Å². The number of thiazole rings is 1. The molecule has 1 aliphatic rings. The highest BCUT2D eigenvalue weighted by Gasteiger charge is 2.21. The van der Waals surface area contributed by atoms with Gasteiger partial charge >= 0.3 is 0 Å². The lowest BCUT2D eigenvalue weighted by Gasteiger charge is -2.27. The maximum atomic E-state index is 6.07. The van der Waals surface area contributed by atoms with Crippen LogP contribution in [-0.2, 0) is 0 Å². The normalized spacial score (nSPS) is 18.9. The van der Waals surface area contributed by atoms with Crippen molar-refractivity contribution in [3.8, 4) is 5.75 Å². The Kier molecular flexibility index (Phi) is 4.81.